The van der Waals surface area contributed by atoms with Gasteiger partial charge in [-0.1, -0.05) is 73.5 Å². The van der Waals surface area contributed by atoms with E-state index in [0.29, 0.717) is 24.3 Å². The molecule has 2 atom stereocenters. The van der Waals surface area contributed by atoms with Gasteiger partial charge in [-0.2, -0.15) is 0 Å². The highest BCUT2D eigenvalue weighted by atomic mass is 32.2. The zero-order valence-electron chi connectivity index (χ0n) is 22.4. The molecule has 0 saturated carbocycles. The quantitative estimate of drug-likeness (QED) is 0.200. The fourth-order valence-electron chi connectivity index (χ4n) is 5.46. The molecule has 0 aromatic heterocycles. The molecule has 38 heavy (non-hydrogen) atoms. The molecule has 2 aliphatic rings. The van der Waals surface area contributed by atoms with Gasteiger partial charge in [-0.15, -0.1) is 0 Å². The number of hydrogen-bond acceptors (Lipinski definition) is 5. The highest BCUT2D eigenvalue weighted by Crippen LogP contribution is 2.41. The van der Waals surface area contributed by atoms with Gasteiger partial charge in [0.15, 0.2) is 0 Å². The van der Waals surface area contributed by atoms with Crippen LogP contribution in [0.25, 0.3) is 0 Å². The van der Waals surface area contributed by atoms with Gasteiger partial charge in [0.2, 0.25) is 0 Å². The van der Waals surface area contributed by atoms with Gasteiger partial charge in [0.25, 0.3) is 0 Å². The Labute approximate surface area is 228 Å². The Morgan fingerprint density at radius 2 is 1.05 bits per heavy atom. The Bertz CT molecular complexity index is 1110. The molecule has 0 saturated heterocycles. The Morgan fingerprint density at radius 1 is 0.658 bits per heavy atom. The molecule has 0 fully saturated rings. The Hall–Kier alpha value is -2.99. The molecule has 0 N–H and O–H groups in total. The van der Waals surface area contributed by atoms with Crippen LogP contribution in [0.15, 0.2) is 84.3 Å². The number of carbonyl (C=O) groups excluding carboxylic acids is 2. The van der Waals surface area contributed by atoms with E-state index in [2.05, 4.69) is 38.1 Å². The third kappa shape index (κ3) is 6.71. The number of ether oxygens (including phenoxy) is 2. The molecule has 0 aliphatic carbocycles. The first kappa shape index (κ1) is 28.0. The molecule has 0 spiro atoms. The molecule has 2 aromatic carbocycles. The lowest BCUT2D eigenvalue weighted by atomic mass is 9.76. The van der Waals surface area contributed by atoms with Crippen molar-refractivity contribution < 1.29 is 23.3 Å². The fraction of sp³-hybridized carbons (Fsp3) is 0.438. The molecule has 0 radical (unpaired) electrons. The molecule has 2 heterocycles. The highest BCUT2D eigenvalue weighted by molar-refractivity contribution is 7.84. The Balaban J connectivity index is 1.24. The maximum Gasteiger partial charge on any atom is 0.314 e. The van der Waals surface area contributed by atoms with E-state index >= 15 is 0 Å². The normalized spacial score (nSPS) is 19.1. The lowest BCUT2D eigenvalue weighted by molar-refractivity contribution is -0.138. The van der Waals surface area contributed by atoms with Crippen LogP contribution >= 0.6 is 0 Å². The molecular weight excluding hydrogens is 496 g/mol. The number of unbranched alkanes of at least 4 members (excludes halogenated alkanes) is 2. The molecule has 4 rings (SSSR count). The minimum atomic E-state index is -0.881. The van der Waals surface area contributed by atoms with Crippen LogP contribution in [0.1, 0.15) is 76.3 Å². The molecule has 0 bridgehead atoms. The van der Waals surface area contributed by atoms with E-state index in [4.69, 9.17) is 9.47 Å². The number of hydrogen-bond donors (Lipinski definition) is 0. The van der Waals surface area contributed by atoms with Crippen LogP contribution in [0.2, 0.25) is 0 Å². The second-order valence-electron chi connectivity index (χ2n) is 10.7. The smallest absolute Gasteiger partial charge is 0.314 e. The monoisotopic (exact) mass is 534 g/mol. The van der Waals surface area contributed by atoms with Crippen molar-refractivity contribution >= 4 is 22.7 Å². The SMILES string of the molecule is CC(CCCCS(=O)CCCCC(C)(C1=CCC(=O)O1)c1ccccc1)(C1=CCC(=O)O1)c1ccccc1. The van der Waals surface area contributed by atoms with Crippen molar-refractivity contribution in [2.75, 3.05) is 11.5 Å². The number of esters is 2. The topological polar surface area (TPSA) is 69.7 Å². The molecule has 0 amide bonds. The predicted octanol–water partition coefficient (Wildman–Crippen LogP) is 6.65. The lowest BCUT2D eigenvalue weighted by Crippen LogP contribution is -2.26. The van der Waals surface area contributed by atoms with Crippen molar-refractivity contribution in [1.29, 1.82) is 0 Å². The van der Waals surface area contributed by atoms with Gasteiger partial charge in [-0.05, 0) is 62.8 Å². The highest BCUT2D eigenvalue weighted by Gasteiger charge is 2.37. The molecule has 6 heteroatoms. The average molecular weight is 535 g/mol. The van der Waals surface area contributed by atoms with Crippen LogP contribution < -0.4 is 0 Å². The zero-order valence-corrected chi connectivity index (χ0v) is 23.3. The summed E-state index contributed by atoms with van der Waals surface area (Å²) in [4.78, 5) is 23.5. The molecule has 2 aromatic rings. The maximum atomic E-state index is 12.8. The van der Waals surface area contributed by atoms with Crippen LogP contribution in [-0.2, 0) is 40.7 Å². The van der Waals surface area contributed by atoms with Crippen molar-refractivity contribution in [3.05, 3.63) is 95.5 Å². The number of cyclic esters (lactones) is 2. The van der Waals surface area contributed by atoms with Crippen molar-refractivity contribution in [2.24, 2.45) is 0 Å². The van der Waals surface area contributed by atoms with Crippen LogP contribution in [0, 0.1) is 0 Å². The predicted molar refractivity (Wildman–Crippen MR) is 151 cm³/mol. The number of carbonyl (C=O) groups is 2. The third-order valence-corrected chi connectivity index (χ3v) is 9.35. The van der Waals surface area contributed by atoms with Crippen LogP contribution in [0.3, 0.4) is 0 Å². The van der Waals surface area contributed by atoms with E-state index in [0.717, 1.165) is 61.2 Å². The summed E-state index contributed by atoms with van der Waals surface area (Å²) in [7, 11) is -0.881. The summed E-state index contributed by atoms with van der Waals surface area (Å²) in [6, 6.07) is 20.3. The van der Waals surface area contributed by atoms with Gasteiger partial charge < -0.3 is 9.47 Å². The summed E-state index contributed by atoms with van der Waals surface area (Å²) in [5, 5.41) is 0. The fourth-order valence-corrected chi connectivity index (χ4v) is 6.71. The molecule has 5 nitrogen and oxygen atoms in total. The van der Waals surface area contributed by atoms with Gasteiger partial charge >= 0.3 is 11.9 Å². The van der Waals surface area contributed by atoms with E-state index in [1.807, 2.05) is 48.6 Å². The Kier molecular flexibility index (Phi) is 9.37. The maximum absolute atomic E-state index is 12.8. The molecule has 202 valence electrons. The van der Waals surface area contributed by atoms with Gasteiger partial charge in [-0.25, -0.2) is 0 Å². The van der Waals surface area contributed by atoms with E-state index < -0.39 is 10.8 Å². The van der Waals surface area contributed by atoms with E-state index in [1.54, 1.807) is 0 Å². The minimum Gasteiger partial charge on any atom is -0.430 e. The molecule has 2 aliphatic heterocycles. The standard InChI is InChI=1S/C32H38O5S/c1-31(25-13-5-3-6-14-25,27-17-19-29(33)36-27)21-9-11-23-38(35)24-12-10-22-32(2,26-15-7-4-8-16-26)28-18-20-30(34)37-28/h3-8,13-18H,9-12,19-24H2,1-2H3. The summed E-state index contributed by atoms with van der Waals surface area (Å²) in [6.07, 6.45) is 9.64. The first-order valence-corrected chi connectivity index (χ1v) is 15.1. The van der Waals surface area contributed by atoms with Crippen molar-refractivity contribution in [2.45, 2.75) is 76.0 Å². The van der Waals surface area contributed by atoms with Crippen LogP contribution in [-0.4, -0.2) is 27.7 Å². The van der Waals surface area contributed by atoms with Gasteiger partial charge in [0.05, 0.1) is 23.7 Å². The van der Waals surface area contributed by atoms with Gasteiger partial charge in [0.1, 0.15) is 11.5 Å². The van der Waals surface area contributed by atoms with Gasteiger partial charge in [0, 0.05) is 22.3 Å². The minimum absolute atomic E-state index is 0.200. The first-order valence-electron chi connectivity index (χ1n) is 13.6. The van der Waals surface area contributed by atoms with Crippen molar-refractivity contribution in [3.63, 3.8) is 0 Å². The van der Waals surface area contributed by atoms with Crippen molar-refractivity contribution in [3.8, 4) is 0 Å². The van der Waals surface area contributed by atoms with Crippen LogP contribution in [0.4, 0.5) is 0 Å². The third-order valence-electron chi connectivity index (χ3n) is 7.86. The summed E-state index contributed by atoms with van der Waals surface area (Å²) >= 11 is 0. The summed E-state index contributed by atoms with van der Waals surface area (Å²) in [5.74, 6) is 2.41. The van der Waals surface area contributed by atoms with Crippen LogP contribution in [0.5, 0.6) is 0 Å². The summed E-state index contributed by atoms with van der Waals surface area (Å²) in [6.45, 7) is 4.26. The average Bonchev–Trinajstić information content (AvgIpc) is 3.58. The van der Waals surface area contributed by atoms with E-state index in [1.165, 1.54) is 0 Å². The Morgan fingerprint density at radius 3 is 1.39 bits per heavy atom. The number of allylic oxidation sites excluding steroid dienone is 2. The molecular formula is C32H38O5S. The lowest BCUT2D eigenvalue weighted by Gasteiger charge is -2.30. The van der Waals surface area contributed by atoms with E-state index in [9.17, 15) is 13.8 Å². The van der Waals surface area contributed by atoms with Gasteiger partial charge in [-0.3, -0.25) is 13.8 Å². The summed E-state index contributed by atoms with van der Waals surface area (Å²) < 4.78 is 23.9. The summed E-state index contributed by atoms with van der Waals surface area (Å²) in [5.41, 5.74) is 1.53. The largest absolute Gasteiger partial charge is 0.430 e. The van der Waals surface area contributed by atoms with Crippen molar-refractivity contribution in [1.82, 2.24) is 0 Å². The van der Waals surface area contributed by atoms with E-state index in [-0.39, 0.29) is 22.8 Å². The molecule has 2 unspecified atom stereocenters. The second-order valence-corrected chi connectivity index (χ2v) is 12.3. The zero-order chi connectivity index (χ0) is 27.0. The second kappa shape index (κ2) is 12.7. The first-order chi connectivity index (χ1) is 18.3. The number of rotatable bonds is 14. The number of benzene rings is 2.